The van der Waals surface area contributed by atoms with Crippen molar-refractivity contribution in [3.63, 3.8) is 0 Å². The summed E-state index contributed by atoms with van der Waals surface area (Å²) in [5, 5.41) is 12.5. The van der Waals surface area contributed by atoms with Crippen molar-refractivity contribution in [1.82, 2.24) is 5.32 Å². The Bertz CT molecular complexity index is 124. The van der Waals surface area contributed by atoms with Gasteiger partial charge in [-0.2, -0.15) is 0 Å². The van der Waals surface area contributed by atoms with Gasteiger partial charge in [0.1, 0.15) is 0 Å². The standard InChI is InChI=1S/C10H23NO2/c1-5-10(3,8-12)7-11-9(2)6-13-4/h9,11-12H,5-8H2,1-4H3. The fourth-order valence-electron chi connectivity index (χ4n) is 1.02. The summed E-state index contributed by atoms with van der Waals surface area (Å²) in [4.78, 5) is 0. The SMILES string of the molecule is CCC(C)(CO)CNC(C)COC. The van der Waals surface area contributed by atoms with Gasteiger partial charge in [-0.3, -0.25) is 0 Å². The molecule has 0 spiro atoms. The first-order valence-corrected chi connectivity index (χ1v) is 4.91. The van der Waals surface area contributed by atoms with Crippen LogP contribution in [0.25, 0.3) is 0 Å². The quantitative estimate of drug-likeness (QED) is 0.628. The first-order valence-electron chi connectivity index (χ1n) is 4.91. The van der Waals surface area contributed by atoms with Crippen LogP contribution in [0, 0.1) is 5.41 Å². The lowest BCUT2D eigenvalue weighted by molar-refractivity contribution is 0.119. The highest BCUT2D eigenvalue weighted by Gasteiger charge is 2.21. The largest absolute Gasteiger partial charge is 0.396 e. The van der Waals surface area contributed by atoms with Gasteiger partial charge >= 0.3 is 0 Å². The molecule has 2 N–H and O–H groups in total. The maximum Gasteiger partial charge on any atom is 0.0613 e. The van der Waals surface area contributed by atoms with Crippen molar-refractivity contribution < 1.29 is 9.84 Å². The van der Waals surface area contributed by atoms with E-state index in [1.807, 2.05) is 0 Å². The number of aliphatic hydroxyl groups is 1. The summed E-state index contributed by atoms with van der Waals surface area (Å²) in [6.07, 6.45) is 0.982. The molecule has 0 bridgehead atoms. The minimum atomic E-state index is 0.00199. The van der Waals surface area contributed by atoms with Crippen LogP contribution in [0.4, 0.5) is 0 Å². The lowest BCUT2D eigenvalue weighted by atomic mass is 9.88. The van der Waals surface area contributed by atoms with E-state index in [4.69, 9.17) is 9.84 Å². The molecule has 0 aromatic rings. The molecule has 0 fully saturated rings. The van der Waals surface area contributed by atoms with Gasteiger partial charge in [-0.1, -0.05) is 13.8 Å². The molecule has 0 radical (unpaired) electrons. The molecule has 3 nitrogen and oxygen atoms in total. The number of aliphatic hydroxyl groups excluding tert-OH is 1. The van der Waals surface area contributed by atoms with E-state index in [0.29, 0.717) is 12.6 Å². The van der Waals surface area contributed by atoms with E-state index in [1.165, 1.54) is 0 Å². The van der Waals surface area contributed by atoms with Crippen LogP contribution >= 0.6 is 0 Å². The summed E-state index contributed by atoms with van der Waals surface area (Å²) in [6.45, 7) is 8.04. The minimum Gasteiger partial charge on any atom is -0.396 e. The van der Waals surface area contributed by atoms with Crippen LogP contribution in [0.5, 0.6) is 0 Å². The maximum absolute atomic E-state index is 9.16. The Morgan fingerprint density at radius 2 is 2.15 bits per heavy atom. The second kappa shape index (κ2) is 6.35. The zero-order valence-corrected chi connectivity index (χ0v) is 9.26. The molecule has 0 aromatic heterocycles. The number of hydrogen-bond donors (Lipinski definition) is 2. The number of hydrogen-bond acceptors (Lipinski definition) is 3. The summed E-state index contributed by atoms with van der Waals surface area (Å²) in [6, 6.07) is 0.349. The molecule has 0 amide bonds. The maximum atomic E-state index is 9.16. The van der Waals surface area contributed by atoms with Gasteiger partial charge in [0.05, 0.1) is 6.61 Å². The van der Waals surface area contributed by atoms with Crippen molar-refractivity contribution in [2.45, 2.75) is 33.2 Å². The van der Waals surface area contributed by atoms with Crippen LogP contribution in [-0.4, -0.2) is 38.0 Å². The third-order valence-electron chi connectivity index (χ3n) is 2.53. The van der Waals surface area contributed by atoms with E-state index >= 15 is 0 Å². The van der Waals surface area contributed by atoms with Crippen molar-refractivity contribution >= 4 is 0 Å². The van der Waals surface area contributed by atoms with Crippen LogP contribution < -0.4 is 5.32 Å². The Balaban J connectivity index is 3.71. The number of nitrogens with one attached hydrogen (secondary N) is 1. The summed E-state index contributed by atoms with van der Waals surface area (Å²) in [5.74, 6) is 0. The van der Waals surface area contributed by atoms with Crippen molar-refractivity contribution in [2.75, 3.05) is 26.9 Å². The third-order valence-corrected chi connectivity index (χ3v) is 2.53. The van der Waals surface area contributed by atoms with Crippen LogP contribution in [0.3, 0.4) is 0 Å². The average Bonchev–Trinajstić information content (AvgIpc) is 2.15. The molecular formula is C10H23NO2. The van der Waals surface area contributed by atoms with Crippen molar-refractivity contribution in [1.29, 1.82) is 0 Å². The van der Waals surface area contributed by atoms with Gasteiger partial charge in [0.25, 0.3) is 0 Å². The molecule has 2 atom stereocenters. The Kier molecular flexibility index (Phi) is 6.29. The molecule has 0 heterocycles. The Morgan fingerprint density at radius 3 is 2.54 bits per heavy atom. The van der Waals surface area contributed by atoms with E-state index in [-0.39, 0.29) is 12.0 Å². The second-order valence-corrected chi connectivity index (χ2v) is 4.06. The van der Waals surface area contributed by atoms with Crippen LogP contribution in [0.1, 0.15) is 27.2 Å². The number of methoxy groups -OCH3 is 1. The predicted molar refractivity (Wildman–Crippen MR) is 54.8 cm³/mol. The fraction of sp³-hybridized carbons (Fsp3) is 1.00. The van der Waals surface area contributed by atoms with Gasteiger partial charge in [-0.25, -0.2) is 0 Å². The monoisotopic (exact) mass is 189 g/mol. The molecule has 0 aliphatic rings. The second-order valence-electron chi connectivity index (χ2n) is 4.06. The molecule has 2 unspecified atom stereocenters. The highest BCUT2D eigenvalue weighted by atomic mass is 16.5. The van der Waals surface area contributed by atoms with E-state index in [1.54, 1.807) is 7.11 Å². The molecule has 0 aliphatic carbocycles. The molecule has 0 rings (SSSR count). The number of ether oxygens (including phenoxy) is 1. The predicted octanol–water partition coefficient (Wildman–Crippen LogP) is 1.02. The molecule has 3 heteroatoms. The van der Waals surface area contributed by atoms with E-state index in [9.17, 15) is 0 Å². The average molecular weight is 189 g/mol. The van der Waals surface area contributed by atoms with Crippen LogP contribution in [0.15, 0.2) is 0 Å². The van der Waals surface area contributed by atoms with Crippen LogP contribution in [0.2, 0.25) is 0 Å². The van der Waals surface area contributed by atoms with E-state index < -0.39 is 0 Å². The molecule has 0 saturated heterocycles. The van der Waals surface area contributed by atoms with Crippen molar-refractivity contribution in [2.24, 2.45) is 5.41 Å². The molecular weight excluding hydrogens is 166 g/mol. The van der Waals surface area contributed by atoms with Gasteiger partial charge in [0.15, 0.2) is 0 Å². The summed E-state index contributed by atoms with van der Waals surface area (Å²) >= 11 is 0. The first-order chi connectivity index (χ1) is 6.08. The van der Waals surface area contributed by atoms with E-state index in [2.05, 4.69) is 26.1 Å². The minimum absolute atomic E-state index is 0.00199. The summed E-state index contributed by atoms with van der Waals surface area (Å²) in [5.41, 5.74) is 0.00199. The molecule has 0 aromatic carbocycles. The number of rotatable bonds is 7. The Labute approximate surface area is 81.5 Å². The molecule has 80 valence electrons. The summed E-state index contributed by atoms with van der Waals surface area (Å²) in [7, 11) is 1.70. The highest BCUT2D eigenvalue weighted by molar-refractivity contribution is 4.75. The zero-order valence-electron chi connectivity index (χ0n) is 9.26. The molecule has 13 heavy (non-hydrogen) atoms. The van der Waals surface area contributed by atoms with Crippen molar-refractivity contribution in [3.8, 4) is 0 Å². The van der Waals surface area contributed by atoms with Gasteiger partial charge in [0, 0.05) is 31.7 Å². The molecule has 0 saturated carbocycles. The third kappa shape index (κ3) is 5.24. The lowest BCUT2D eigenvalue weighted by Crippen LogP contribution is -2.40. The Morgan fingerprint density at radius 1 is 1.54 bits per heavy atom. The van der Waals surface area contributed by atoms with Gasteiger partial charge < -0.3 is 15.2 Å². The highest BCUT2D eigenvalue weighted by Crippen LogP contribution is 2.18. The van der Waals surface area contributed by atoms with Gasteiger partial charge in [0.2, 0.25) is 0 Å². The van der Waals surface area contributed by atoms with Gasteiger partial charge in [-0.05, 0) is 13.3 Å². The van der Waals surface area contributed by atoms with E-state index in [0.717, 1.165) is 13.0 Å². The smallest absolute Gasteiger partial charge is 0.0613 e. The van der Waals surface area contributed by atoms with Crippen LogP contribution in [-0.2, 0) is 4.74 Å². The molecule has 0 aliphatic heterocycles. The topological polar surface area (TPSA) is 41.5 Å². The fourth-order valence-corrected chi connectivity index (χ4v) is 1.02. The summed E-state index contributed by atoms with van der Waals surface area (Å²) < 4.78 is 5.01. The Hall–Kier alpha value is -0.120. The normalized spacial score (nSPS) is 18.2. The van der Waals surface area contributed by atoms with Gasteiger partial charge in [-0.15, -0.1) is 0 Å². The lowest BCUT2D eigenvalue weighted by Gasteiger charge is -2.27. The van der Waals surface area contributed by atoms with Crippen molar-refractivity contribution in [3.05, 3.63) is 0 Å². The zero-order chi connectivity index (χ0) is 10.3. The first kappa shape index (κ1) is 12.9.